The Morgan fingerprint density at radius 3 is 2.89 bits per heavy atom. The van der Waals surface area contributed by atoms with Gasteiger partial charge in [0.15, 0.2) is 0 Å². The van der Waals surface area contributed by atoms with Crippen LogP contribution in [-0.2, 0) is 4.74 Å². The molecule has 1 aromatic rings. The average Bonchev–Trinajstić information content (AvgIpc) is 2.88. The molecule has 1 unspecified atom stereocenters. The largest absolute Gasteiger partial charge is 0.493 e. The van der Waals surface area contributed by atoms with Crippen molar-refractivity contribution < 1.29 is 9.47 Å². The summed E-state index contributed by atoms with van der Waals surface area (Å²) in [6, 6.07) is 8.26. The van der Waals surface area contributed by atoms with E-state index in [9.17, 15) is 0 Å². The molecule has 3 nitrogen and oxygen atoms in total. The van der Waals surface area contributed by atoms with E-state index in [1.807, 2.05) is 19.1 Å². The van der Waals surface area contributed by atoms with Gasteiger partial charge in [0.2, 0.25) is 0 Å². The highest BCUT2D eigenvalue weighted by atomic mass is 16.5. The maximum atomic E-state index is 6.47. The molecule has 0 bridgehead atoms. The van der Waals surface area contributed by atoms with Gasteiger partial charge >= 0.3 is 0 Å². The molecule has 19 heavy (non-hydrogen) atoms. The number of ether oxygens (including phenoxy) is 2. The molecular formula is C16H23NO2. The van der Waals surface area contributed by atoms with E-state index >= 15 is 0 Å². The Morgan fingerprint density at radius 2 is 2.11 bits per heavy atom. The zero-order chi connectivity index (χ0) is 13.1. The minimum Gasteiger partial charge on any atom is -0.493 e. The van der Waals surface area contributed by atoms with Crippen LogP contribution < -0.4 is 10.1 Å². The Labute approximate surface area is 115 Å². The minimum atomic E-state index is 0.0717. The van der Waals surface area contributed by atoms with E-state index in [1.54, 1.807) is 0 Å². The zero-order valence-electron chi connectivity index (χ0n) is 11.7. The lowest BCUT2D eigenvalue weighted by molar-refractivity contribution is -0.114. The van der Waals surface area contributed by atoms with E-state index in [0.29, 0.717) is 6.61 Å². The van der Waals surface area contributed by atoms with E-state index in [-0.39, 0.29) is 11.7 Å². The minimum absolute atomic E-state index is 0.0717. The molecule has 2 fully saturated rings. The average molecular weight is 261 g/mol. The monoisotopic (exact) mass is 261 g/mol. The first-order valence-corrected chi connectivity index (χ1v) is 7.43. The van der Waals surface area contributed by atoms with Crippen LogP contribution in [0.15, 0.2) is 24.3 Å². The fourth-order valence-electron chi connectivity index (χ4n) is 3.34. The van der Waals surface area contributed by atoms with E-state index < -0.39 is 0 Å². The summed E-state index contributed by atoms with van der Waals surface area (Å²) in [7, 11) is 0. The van der Waals surface area contributed by atoms with E-state index in [0.717, 1.165) is 18.8 Å². The maximum absolute atomic E-state index is 6.47. The Balaban J connectivity index is 1.81. The third kappa shape index (κ3) is 2.63. The molecule has 1 N–H and O–H groups in total. The molecule has 1 saturated carbocycles. The van der Waals surface area contributed by atoms with Gasteiger partial charge in [-0.05, 0) is 25.8 Å². The number of nitrogens with one attached hydrogen (secondary N) is 1. The van der Waals surface area contributed by atoms with Crippen LogP contribution in [0.25, 0.3) is 0 Å². The lowest BCUT2D eigenvalue weighted by Crippen LogP contribution is -2.49. The van der Waals surface area contributed by atoms with Crippen LogP contribution in [0.3, 0.4) is 0 Å². The van der Waals surface area contributed by atoms with Gasteiger partial charge in [0.05, 0.1) is 18.3 Å². The van der Waals surface area contributed by atoms with Crippen LogP contribution in [0, 0.1) is 0 Å². The molecule has 104 valence electrons. The third-order valence-electron chi connectivity index (χ3n) is 4.25. The highest BCUT2D eigenvalue weighted by molar-refractivity contribution is 5.35. The number of rotatable bonds is 3. The maximum Gasteiger partial charge on any atom is 0.125 e. The first kappa shape index (κ1) is 12.9. The van der Waals surface area contributed by atoms with Crippen LogP contribution in [0.4, 0.5) is 0 Å². The van der Waals surface area contributed by atoms with Crippen molar-refractivity contribution in [3.63, 3.8) is 0 Å². The molecule has 3 rings (SSSR count). The fraction of sp³-hybridized carbons (Fsp3) is 0.625. The van der Waals surface area contributed by atoms with Crippen molar-refractivity contribution in [2.24, 2.45) is 0 Å². The summed E-state index contributed by atoms with van der Waals surface area (Å²) in [5, 5.41) is 3.55. The number of morpholine rings is 1. The number of para-hydroxylation sites is 1. The van der Waals surface area contributed by atoms with Gasteiger partial charge < -0.3 is 14.8 Å². The summed E-state index contributed by atoms with van der Waals surface area (Å²) in [4.78, 5) is 0. The zero-order valence-corrected chi connectivity index (χ0v) is 11.7. The quantitative estimate of drug-likeness (QED) is 0.907. The predicted octanol–water partition coefficient (Wildman–Crippen LogP) is 3.06. The van der Waals surface area contributed by atoms with Gasteiger partial charge in [-0.2, -0.15) is 0 Å². The first-order chi connectivity index (χ1) is 9.33. The second-order valence-corrected chi connectivity index (χ2v) is 5.60. The summed E-state index contributed by atoms with van der Waals surface area (Å²) in [5.74, 6) is 0.965. The van der Waals surface area contributed by atoms with E-state index in [1.165, 1.54) is 31.2 Å². The number of hydrogen-bond donors (Lipinski definition) is 1. The van der Waals surface area contributed by atoms with E-state index in [2.05, 4.69) is 17.4 Å². The first-order valence-electron chi connectivity index (χ1n) is 7.43. The molecule has 0 radical (unpaired) electrons. The molecule has 3 heteroatoms. The standard InChI is InChI=1S/C16H23NO2/c1-2-18-14-8-4-3-7-13(14)15-11-17-12-16(19-15)9-5-6-10-16/h3-4,7-8,15,17H,2,5-6,9-12H2,1H3. The summed E-state index contributed by atoms with van der Waals surface area (Å²) in [6.07, 6.45) is 5.08. The summed E-state index contributed by atoms with van der Waals surface area (Å²) in [6.45, 7) is 4.60. The highest BCUT2D eigenvalue weighted by Crippen LogP contribution is 2.40. The molecule has 0 amide bonds. The molecule has 2 aliphatic rings. The van der Waals surface area contributed by atoms with Crippen molar-refractivity contribution in [2.45, 2.75) is 44.3 Å². The number of benzene rings is 1. The van der Waals surface area contributed by atoms with Crippen LogP contribution in [-0.4, -0.2) is 25.3 Å². The van der Waals surface area contributed by atoms with Crippen molar-refractivity contribution in [1.82, 2.24) is 5.32 Å². The van der Waals surface area contributed by atoms with Crippen LogP contribution in [0.2, 0.25) is 0 Å². The van der Waals surface area contributed by atoms with Gasteiger partial charge in [-0.25, -0.2) is 0 Å². The molecule has 1 saturated heterocycles. The summed E-state index contributed by atoms with van der Waals surface area (Å²) < 4.78 is 12.2. The molecular weight excluding hydrogens is 238 g/mol. The van der Waals surface area contributed by atoms with Gasteiger partial charge in [0.25, 0.3) is 0 Å². The summed E-state index contributed by atoms with van der Waals surface area (Å²) in [5.41, 5.74) is 1.25. The Bertz CT molecular complexity index is 427. The van der Waals surface area contributed by atoms with Gasteiger partial charge in [0.1, 0.15) is 5.75 Å². The fourth-order valence-corrected chi connectivity index (χ4v) is 3.34. The van der Waals surface area contributed by atoms with Crippen molar-refractivity contribution in [3.05, 3.63) is 29.8 Å². The van der Waals surface area contributed by atoms with Crippen molar-refractivity contribution in [3.8, 4) is 5.75 Å². The number of hydrogen-bond acceptors (Lipinski definition) is 3. The van der Waals surface area contributed by atoms with Crippen molar-refractivity contribution in [2.75, 3.05) is 19.7 Å². The molecule has 1 spiro atoms. The van der Waals surface area contributed by atoms with Crippen LogP contribution >= 0.6 is 0 Å². The van der Waals surface area contributed by atoms with Crippen LogP contribution in [0.5, 0.6) is 5.75 Å². The normalized spacial score (nSPS) is 25.6. The lowest BCUT2D eigenvalue weighted by atomic mass is 9.97. The molecule has 0 aromatic heterocycles. The highest BCUT2D eigenvalue weighted by Gasteiger charge is 2.40. The molecule has 1 atom stereocenters. The van der Waals surface area contributed by atoms with Gasteiger partial charge in [-0.15, -0.1) is 0 Å². The SMILES string of the molecule is CCOc1ccccc1C1CNCC2(CCCC2)O1. The third-order valence-corrected chi connectivity index (χ3v) is 4.25. The van der Waals surface area contributed by atoms with Gasteiger partial charge in [0, 0.05) is 18.7 Å². The molecule has 1 aromatic carbocycles. The second-order valence-electron chi connectivity index (χ2n) is 5.60. The van der Waals surface area contributed by atoms with Crippen molar-refractivity contribution in [1.29, 1.82) is 0 Å². The Hall–Kier alpha value is -1.06. The Morgan fingerprint density at radius 1 is 1.32 bits per heavy atom. The second kappa shape index (κ2) is 5.51. The Kier molecular flexibility index (Phi) is 3.76. The van der Waals surface area contributed by atoms with Gasteiger partial charge in [-0.1, -0.05) is 31.0 Å². The van der Waals surface area contributed by atoms with Crippen molar-refractivity contribution >= 4 is 0 Å². The topological polar surface area (TPSA) is 30.5 Å². The van der Waals surface area contributed by atoms with Crippen LogP contribution in [0.1, 0.15) is 44.3 Å². The lowest BCUT2D eigenvalue weighted by Gasteiger charge is -2.39. The molecule has 1 aliphatic heterocycles. The predicted molar refractivity (Wildman–Crippen MR) is 75.5 cm³/mol. The smallest absolute Gasteiger partial charge is 0.125 e. The molecule has 1 heterocycles. The molecule has 1 aliphatic carbocycles. The summed E-state index contributed by atoms with van der Waals surface area (Å²) >= 11 is 0. The van der Waals surface area contributed by atoms with E-state index in [4.69, 9.17) is 9.47 Å². The van der Waals surface area contributed by atoms with Gasteiger partial charge in [-0.3, -0.25) is 0 Å².